The molecule has 2 aromatic heterocycles. The molecule has 3 rings (SSSR count). The van der Waals surface area contributed by atoms with Crippen LogP contribution in [0.4, 0.5) is 0 Å². The van der Waals surface area contributed by atoms with Crippen LogP contribution in [0, 0.1) is 0 Å². The maximum Gasteiger partial charge on any atom is 0.0841 e. The number of halogens is 1. The van der Waals surface area contributed by atoms with E-state index in [1.807, 2.05) is 0 Å². The van der Waals surface area contributed by atoms with E-state index in [1.54, 1.807) is 11.3 Å². The zero-order valence-electron chi connectivity index (χ0n) is 12.0. The monoisotopic (exact) mass is 363 g/mol. The van der Waals surface area contributed by atoms with E-state index in [1.165, 1.54) is 15.8 Å². The fourth-order valence-electron chi connectivity index (χ4n) is 2.40. The van der Waals surface area contributed by atoms with Crippen LogP contribution in [0.25, 0.3) is 10.9 Å². The highest BCUT2D eigenvalue weighted by Crippen LogP contribution is 2.26. The molecule has 0 bridgehead atoms. The molecule has 0 aliphatic heterocycles. The van der Waals surface area contributed by atoms with Gasteiger partial charge in [0.15, 0.2) is 0 Å². The minimum Gasteiger partial charge on any atom is -0.311 e. The van der Waals surface area contributed by atoms with Gasteiger partial charge in [-0.2, -0.15) is 5.10 Å². The number of rotatable bonds is 6. The number of aromatic nitrogens is 2. The van der Waals surface area contributed by atoms with Crippen molar-refractivity contribution in [2.24, 2.45) is 0 Å². The lowest BCUT2D eigenvalue weighted by Gasteiger charge is -2.02. The number of benzene rings is 1. The zero-order chi connectivity index (χ0) is 14.7. The molecule has 0 saturated heterocycles. The lowest BCUT2D eigenvalue weighted by molar-refractivity contribution is 0.638. The number of para-hydroxylation sites is 1. The van der Waals surface area contributed by atoms with Gasteiger partial charge in [0.05, 0.1) is 17.8 Å². The van der Waals surface area contributed by atoms with Crippen LogP contribution in [0.1, 0.15) is 23.9 Å². The van der Waals surface area contributed by atoms with Crippen LogP contribution in [-0.4, -0.2) is 16.3 Å². The van der Waals surface area contributed by atoms with E-state index in [0.717, 1.165) is 36.2 Å². The summed E-state index contributed by atoms with van der Waals surface area (Å²) in [4.78, 5) is 1.30. The van der Waals surface area contributed by atoms with E-state index in [4.69, 9.17) is 5.10 Å². The first-order valence-electron chi connectivity index (χ1n) is 7.16. The summed E-state index contributed by atoms with van der Waals surface area (Å²) in [6, 6.07) is 10.6. The molecule has 0 spiro atoms. The molecule has 5 heteroatoms. The van der Waals surface area contributed by atoms with Gasteiger partial charge in [-0.3, -0.25) is 4.68 Å². The predicted molar refractivity (Wildman–Crippen MR) is 92.9 cm³/mol. The van der Waals surface area contributed by atoms with Crippen LogP contribution < -0.4 is 5.32 Å². The van der Waals surface area contributed by atoms with Gasteiger partial charge < -0.3 is 5.32 Å². The molecule has 110 valence electrons. The molecule has 0 saturated carbocycles. The summed E-state index contributed by atoms with van der Waals surface area (Å²) < 4.78 is 3.27. The third kappa shape index (κ3) is 3.20. The van der Waals surface area contributed by atoms with Gasteiger partial charge in [0.2, 0.25) is 0 Å². The van der Waals surface area contributed by atoms with Crippen LogP contribution in [0.2, 0.25) is 0 Å². The first-order valence-corrected chi connectivity index (χ1v) is 8.84. The quantitative estimate of drug-likeness (QED) is 0.657. The van der Waals surface area contributed by atoms with Crippen LogP contribution in [-0.2, 0) is 13.1 Å². The molecular formula is C16H18BrN3S. The van der Waals surface area contributed by atoms with Crippen molar-refractivity contribution in [3.63, 3.8) is 0 Å². The van der Waals surface area contributed by atoms with Gasteiger partial charge in [-0.25, -0.2) is 0 Å². The number of thiophene rings is 1. The highest BCUT2D eigenvalue weighted by molar-refractivity contribution is 9.10. The van der Waals surface area contributed by atoms with E-state index in [9.17, 15) is 0 Å². The van der Waals surface area contributed by atoms with Crippen LogP contribution in [0.15, 0.2) is 40.2 Å². The van der Waals surface area contributed by atoms with Crippen molar-refractivity contribution < 1.29 is 0 Å². The second kappa shape index (κ2) is 6.73. The predicted octanol–water partition coefficient (Wildman–Crippen LogP) is 4.41. The van der Waals surface area contributed by atoms with E-state index in [0.29, 0.717) is 0 Å². The summed E-state index contributed by atoms with van der Waals surface area (Å²) in [7, 11) is 0. The van der Waals surface area contributed by atoms with Gasteiger partial charge in [-0.05, 0) is 46.4 Å². The number of hydrogen-bond donors (Lipinski definition) is 1. The molecule has 3 aromatic rings. The van der Waals surface area contributed by atoms with Gasteiger partial charge in [0, 0.05) is 21.3 Å². The molecule has 0 unspecified atom stereocenters. The molecule has 1 N–H and O–H groups in total. The third-order valence-corrected chi connectivity index (χ3v) is 5.35. The molecule has 21 heavy (non-hydrogen) atoms. The maximum absolute atomic E-state index is 4.82. The molecule has 0 radical (unpaired) electrons. The summed E-state index contributed by atoms with van der Waals surface area (Å²) >= 11 is 5.36. The van der Waals surface area contributed by atoms with Crippen molar-refractivity contribution in [3.05, 3.63) is 50.8 Å². The minimum absolute atomic E-state index is 0.812. The van der Waals surface area contributed by atoms with E-state index in [2.05, 4.69) is 68.6 Å². The largest absolute Gasteiger partial charge is 0.311 e. The summed E-state index contributed by atoms with van der Waals surface area (Å²) in [5.74, 6) is 0. The van der Waals surface area contributed by atoms with E-state index in [-0.39, 0.29) is 0 Å². The van der Waals surface area contributed by atoms with Gasteiger partial charge >= 0.3 is 0 Å². The third-order valence-electron chi connectivity index (χ3n) is 3.44. The molecule has 1 aromatic carbocycles. The van der Waals surface area contributed by atoms with Crippen LogP contribution >= 0.6 is 27.3 Å². The second-order valence-corrected chi connectivity index (χ2v) is 6.84. The van der Waals surface area contributed by atoms with Gasteiger partial charge in [-0.15, -0.1) is 11.3 Å². The van der Waals surface area contributed by atoms with Gasteiger partial charge in [-0.1, -0.05) is 25.1 Å². The number of fused-ring (bicyclic) bond motifs is 1. The molecular weight excluding hydrogens is 346 g/mol. The van der Waals surface area contributed by atoms with Crippen LogP contribution in [0.5, 0.6) is 0 Å². The van der Waals surface area contributed by atoms with Crippen molar-refractivity contribution >= 4 is 38.2 Å². The first kappa shape index (κ1) is 14.8. The lowest BCUT2D eigenvalue weighted by atomic mass is 10.2. The highest BCUT2D eigenvalue weighted by Gasteiger charge is 2.11. The molecule has 0 aliphatic carbocycles. The van der Waals surface area contributed by atoms with Gasteiger partial charge in [0.25, 0.3) is 0 Å². The first-order chi connectivity index (χ1) is 10.3. The molecule has 0 fully saturated rings. The Morgan fingerprint density at radius 1 is 1.29 bits per heavy atom. The van der Waals surface area contributed by atoms with Crippen molar-refractivity contribution in [2.75, 3.05) is 6.54 Å². The average Bonchev–Trinajstić information content (AvgIpc) is 3.05. The summed E-state index contributed by atoms with van der Waals surface area (Å²) in [5.41, 5.74) is 2.33. The Morgan fingerprint density at radius 3 is 2.90 bits per heavy atom. The van der Waals surface area contributed by atoms with Gasteiger partial charge in [0.1, 0.15) is 0 Å². The fourth-order valence-corrected chi connectivity index (χ4v) is 3.86. The molecule has 2 heterocycles. The Bertz CT molecular complexity index is 732. The normalized spacial score (nSPS) is 11.3. The average molecular weight is 364 g/mol. The molecule has 3 nitrogen and oxygen atoms in total. The van der Waals surface area contributed by atoms with Crippen molar-refractivity contribution in [3.8, 4) is 0 Å². The number of nitrogens with zero attached hydrogens (tertiary/aromatic N) is 2. The summed E-state index contributed by atoms with van der Waals surface area (Å²) in [5, 5.41) is 11.6. The fraction of sp³-hybridized carbons (Fsp3) is 0.312. The smallest absolute Gasteiger partial charge is 0.0841 e. The second-order valence-electron chi connectivity index (χ2n) is 4.99. The number of hydrogen-bond acceptors (Lipinski definition) is 3. The van der Waals surface area contributed by atoms with Crippen molar-refractivity contribution in [1.29, 1.82) is 0 Å². The van der Waals surface area contributed by atoms with Crippen molar-refractivity contribution in [2.45, 2.75) is 26.4 Å². The zero-order valence-corrected chi connectivity index (χ0v) is 14.4. The molecule has 0 amide bonds. The Labute approximate surface area is 137 Å². The van der Waals surface area contributed by atoms with E-state index < -0.39 is 0 Å². The molecule has 0 atom stereocenters. The van der Waals surface area contributed by atoms with Crippen LogP contribution in [0.3, 0.4) is 0 Å². The number of nitrogens with one attached hydrogen (secondary N) is 1. The SMILES string of the molecule is CCCNCc1nn(Cc2sccc2Br)c2ccccc12. The minimum atomic E-state index is 0.812. The standard InChI is InChI=1S/C16H18BrN3S/c1-2-8-18-10-14-12-5-3-4-6-15(12)20(19-14)11-16-13(17)7-9-21-16/h3-7,9,18H,2,8,10-11H2,1H3. The summed E-state index contributed by atoms with van der Waals surface area (Å²) in [6.45, 7) is 4.84. The Kier molecular flexibility index (Phi) is 4.73. The van der Waals surface area contributed by atoms with Crippen molar-refractivity contribution in [1.82, 2.24) is 15.1 Å². The summed E-state index contributed by atoms with van der Waals surface area (Å²) in [6.07, 6.45) is 1.14. The Hall–Kier alpha value is -1.17. The Morgan fingerprint density at radius 2 is 2.14 bits per heavy atom. The topological polar surface area (TPSA) is 29.9 Å². The van der Waals surface area contributed by atoms with E-state index >= 15 is 0 Å². The molecule has 0 aliphatic rings. The maximum atomic E-state index is 4.82. The Balaban J connectivity index is 1.93. The highest BCUT2D eigenvalue weighted by atomic mass is 79.9. The lowest BCUT2D eigenvalue weighted by Crippen LogP contribution is -2.14.